The SMILES string of the molecule is C.C=C(O)C(C)C.CNC(=O)C(C)C.CNC(=O)C(C)C.CNC(=O)C(C)C. The number of hydrogen-bond acceptors (Lipinski definition) is 4. The molecular formula is C21H47N3O4. The van der Waals surface area contributed by atoms with E-state index in [4.69, 9.17) is 5.11 Å². The molecule has 0 unspecified atom stereocenters. The average Bonchev–Trinajstić information content (AvgIpc) is 2.60. The molecule has 170 valence electrons. The molecule has 0 aromatic carbocycles. The van der Waals surface area contributed by atoms with E-state index in [1.54, 1.807) is 21.1 Å². The summed E-state index contributed by atoms with van der Waals surface area (Å²) in [6.07, 6.45) is 0. The smallest absolute Gasteiger partial charge is 0.222 e. The Morgan fingerprint density at radius 1 is 0.607 bits per heavy atom. The van der Waals surface area contributed by atoms with Crippen molar-refractivity contribution in [1.82, 2.24) is 16.0 Å². The van der Waals surface area contributed by atoms with E-state index >= 15 is 0 Å². The summed E-state index contributed by atoms with van der Waals surface area (Å²) in [5, 5.41) is 16.0. The first-order valence-electron chi connectivity index (χ1n) is 9.21. The Morgan fingerprint density at radius 3 is 0.750 bits per heavy atom. The van der Waals surface area contributed by atoms with Gasteiger partial charge in [0.25, 0.3) is 0 Å². The zero-order chi connectivity index (χ0) is 22.7. The zero-order valence-electron chi connectivity index (χ0n) is 19.2. The number of rotatable bonds is 4. The van der Waals surface area contributed by atoms with Gasteiger partial charge in [-0.1, -0.05) is 69.4 Å². The van der Waals surface area contributed by atoms with Crippen LogP contribution in [0.5, 0.6) is 0 Å². The Labute approximate surface area is 173 Å². The molecule has 3 amide bonds. The standard InChI is InChI=1S/3C5H11NO.C5H10O.CH4/c3*1-4(2)5(7)6-3;1-4(2)5(3)6;/h3*4H,1-3H3,(H,6,7);4,6H,3H2,1-2H3;1H4. The molecule has 0 aliphatic rings. The molecule has 0 aliphatic heterocycles. The molecule has 0 heterocycles. The van der Waals surface area contributed by atoms with Crippen molar-refractivity contribution in [2.24, 2.45) is 23.7 Å². The summed E-state index contributed by atoms with van der Waals surface area (Å²) in [5.41, 5.74) is 0. The van der Waals surface area contributed by atoms with Crippen molar-refractivity contribution in [3.05, 3.63) is 12.3 Å². The van der Waals surface area contributed by atoms with Gasteiger partial charge in [0.2, 0.25) is 17.7 Å². The first-order chi connectivity index (χ1) is 12.2. The molecule has 0 saturated heterocycles. The van der Waals surface area contributed by atoms with E-state index < -0.39 is 0 Å². The Hall–Kier alpha value is -2.05. The van der Waals surface area contributed by atoms with Crippen molar-refractivity contribution in [3.63, 3.8) is 0 Å². The zero-order valence-corrected chi connectivity index (χ0v) is 19.2. The number of aliphatic hydroxyl groups excluding tert-OH is 1. The van der Waals surface area contributed by atoms with Crippen LogP contribution in [-0.4, -0.2) is 44.0 Å². The predicted octanol–water partition coefficient (Wildman–Crippen LogP) is 3.52. The van der Waals surface area contributed by atoms with Crippen LogP contribution in [0.1, 0.15) is 62.8 Å². The van der Waals surface area contributed by atoms with Gasteiger partial charge >= 0.3 is 0 Å². The van der Waals surface area contributed by atoms with Gasteiger partial charge in [0.1, 0.15) is 0 Å². The van der Waals surface area contributed by atoms with Gasteiger partial charge in [-0.15, -0.1) is 0 Å². The third kappa shape index (κ3) is 31.7. The summed E-state index contributed by atoms with van der Waals surface area (Å²) in [5.74, 6) is 1.11. The Morgan fingerprint density at radius 2 is 0.750 bits per heavy atom. The first-order valence-corrected chi connectivity index (χ1v) is 9.21. The molecule has 0 aromatic rings. The number of allylic oxidation sites excluding steroid dienone is 1. The van der Waals surface area contributed by atoms with Gasteiger partial charge in [-0.3, -0.25) is 14.4 Å². The summed E-state index contributed by atoms with van der Waals surface area (Å²) in [4.78, 5) is 31.2. The highest BCUT2D eigenvalue weighted by Gasteiger charge is 2.01. The van der Waals surface area contributed by atoms with E-state index in [0.29, 0.717) is 0 Å². The maximum Gasteiger partial charge on any atom is 0.222 e. The number of amides is 3. The van der Waals surface area contributed by atoms with Gasteiger partial charge in [0.05, 0.1) is 5.76 Å². The van der Waals surface area contributed by atoms with Crippen LogP contribution in [0.15, 0.2) is 12.3 Å². The molecule has 4 N–H and O–H groups in total. The van der Waals surface area contributed by atoms with Gasteiger partial charge in [-0.25, -0.2) is 0 Å². The third-order valence-electron chi connectivity index (χ3n) is 2.98. The van der Waals surface area contributed by atoms with E-state index in [0.717, 1.165) is 0 Å². The second-order valence-corrected chi connectivity index (χ2v) is 6.95. The predicted molar refractivity (Wildman–Crippen MR) is 120 cm³/mol. The molecule has 7 heteroatoms. The van der Waals surface area contributed by atoms with Crippen molar-refractivity contribution in [3.8, 4) is 0 Å². The maximum atomic E-state index is 10.4. The van der Waals surface area contributed by atoms with Crippen LogP contribution in [0.25, 0.3) is 0 Å². The second-order valence-electron chi connectivity index (χ2n) is 6.95. The van der Waals surface area contributed by atoms with Crippen LogP contribution >= 0.6 is 0 Å². The third-order valence-corrected chi connectivity index (χ3v) is 2.98. The average molecular weight is 406 g/mol. The molecule has 0 aliphatic carbocycles. The lowest BCUT2D eigenvalue weighted by Gasteiger charge is -1.98. The summed E-state index contributed by atoms with van der Waals surface area (Å²) < 4.78 is 0. The highest BCUT2D eigenvalue weighted by atomic mass is 16.3. The Kier molecular flexibility index (Phi) is 30.2. The van der Waals surface area contributed by atoms with E-state index in [-0.39, 0.29) is 54.6 Å². The van der Waals surface area contributed by atoms with Gasteiger partial charge in [-0.2, -0.15) is 0 Å². The molecule has 0 fully saturated rings. The van der Waals surface area contributed by atoms with Crippen LogP contribution in [-0.2, 0) is 14.4 Å². The van der Waals surface area contributed by atoms with Crippen LogP contribution < -0.4 is 16.0 Å². The lowest BCUT2D eigenvalue weighted by molar-refractivity contribution is -0.124. The van der Waals surface area contributed by atoms with Crippen molar-refractivity contribution < 1.29 is 19.5 Å². The first kappa shape index (κ1) is 36.8. The van der Waals surface area contributed by atoms with Gasteiger partial charge in [0.15, 0.2) is 0 Å². The van der Waals surface area contributed by atoms with E-state index in [1.807, 2.05) is 55.4 Å². The van der Waals surface area contributed by atoms with Crippen molar-refractivity contribution in [1.29, 1.82) is 0 Å². The molecule has 0 rings (SSSR count). The van der Waals surface area contributed by atoms with Crippen LogP contribution in [0.2, 0.25) is 0 Å². The Bertz CT molecular complexity index is 370. The minimum Gasteiger partial charge on any atom is -0.513 e. The number of carbonyl (C=O) groups excluding carboxylic acids is 3. The van der Waals surface area contributed by atoms with E-state index in [1.165, 1.54) is 0 Å². The fourth-order valence-corrected chi connectivity index (χ4v) is 0.866. The summed E-state index contributed by atoms with van der Waals surface area (Å²) >= 11 is 0. The number of nitrogens with one attached hydrogen (secondary N) is 3. The normalized spacial score (nSPS) is 8.82. The van der Waals surface area contributed by atoms with E-state index in [2.05, 4.69) is 22.5 Å². The van der Waals surface area contributed by atoms with E-state index in [9.17, 15) is 14.4 Å². The molecule has 0 bridgehead atoms. The minimum absolute atomic E-state index is 0. The second kappa shape index (κ2) is 23.0. The molecule has 28 heavy (non-hydrogen) atoms. The van der Waals surface area contributed by atoms with Crippen LogP contribution in [0.4, 0.5) is 0 Å². The molecule has 0 radical (unpaired) electrons. The molecule has 0 saturated carbocycles. The summed E-state index contributed by atoms with van der Waals surface area (Å²) in [6.45, 7) is 18.3. The summed E-state index contributed by atoms with van der Waals surface area (Å²) in [6, 6.07) is 0. The summed E-state index contributed by atoms with van der Waals surface area (Å²) in [7, 11) is 4.92. The molecule has 7 nitrogen and oxygen atoms in total. The van der Waals surface area contributed by atoms with Crippen molar-refractivity contribution >= 4 is 17.7 Å². The van der Waals surface area contributed by atoms with Gasteiger partial charge in [-0.05, 0) is 0 Å². The lowest BCUT2D eigenvalue weighted by atomic mass is 10.2. The molecule has 0 aromatic heterocycles. The number of hydrogen-bond donors (Lipinski definition) is 4. The minimum atomic E-state index is 0. The lowest BCUT2D eigenvalue weighted by Crippen LogP contribution is -2.22. The molecular weight excluding hydrogens is 358 g/mol. The van der Waals surface area contributed by atoms with Crippen molar-refractivity contribution in [2.45, 2.75) is 62.8 Å². The quantitative estimate of drug-likeness (QED) is 0.537. The highest BCUT2D eigenvalue weighted by Crippen LogP contribution is 1.99. The van der Waals surface area contributed by atoms with Crippen LogP contribution in [0.3, 0.4) is 0 Å². The van der Waals surface area contributed by atoms with Crippen LogP contribution in [0, 0.1) is 23.7 Å². The van der Waals surface area contributed by atoms with Crippen molar-refractivity contribution in [2.75, 3.05) is 21.1 Å². The molecule has 0 atom stereocenters. The maximum absolute atomic E-state index is 10.4. The van der Waals surface area contributed by atoms with Gasteiger partial charge < -0.3 is 21.1 Å². The monoisotopic (exact) mass is 405 g/mol. The fraction of sp³-hybridized carbons (Fsp3) is 0.762. The topological polar surface area (TPSA) is 108 Å². The number of carbonyl (C=O) groups is 3. The highest BCUT2D eigenvalue weighted by molar-refractivity contribution is 5.78. The number of aliphatic hydroxyl groups is 1. The fourth-order valence-electron chi connectivity index (χ4n) is 0.866. The Balaban J connectivity index is -0.0000000831. The van der Waals surface area contributed by atoms with Gasteiger partial charge in [0, 0.05) is 44.8 Å². The molecule has 0 spiro atoms. The largest absolute Gasteiger partial charge is 0.513 e.